The third-order valence-corrected chi connectivity index (χ3v) is 3.17. The first-order valence-electron chi connectivity index (χ1n) is 5.34. The van der Waals surface area contributed by atoms with Crippen molar-refractivity contribution >= 4 is 21.8 Å². The second kappa shape index (κ2) is 5.64. The van der Waals surface area contributed by atoms with E-state index in [1.54, 1.807) is 6.07 Å². The molecule has 5 heteroatoms. The Kier molecular flexibility index (Phi) is 3.94. The largest absolute Gasteiger partial charge is 0.505 e. The van der Waals surface area contributed by atoms with Gasteiger partial charge in [-0.05, 0) is 23.8 Å². The van der Waals surface area contributed by atoms with Gasteiger partial charge in [0.05, 0.1) is 0 Å². The SMILES string of the molecule is O=C(NCc1ccccc1Br)c1ncccc1O. The van der Waals surface area contributed by atoms with E-state index in [-0.39, 0.29) is 11.4 Å². The summed E-state index contributed by atoms with van der Waals surface area (Å²) in [5, 5.41) is 12.2. The van der Waals surface area contributed by atoms with Crippen molar-refractivity contribution in [3.05, 3.63) is 58.3 Å². The number of aromatic nitrogens is 1. The van der Waals surface area contributed by atoms with E-state index in [4.69, 9.17) is 0 Å². The number of aromatic hydroxyl groups is 1. The van der Waals surface area contributed by atoms with Crippen LogP contribution in [0, 0.1) is 0 Å². The quantitative estimate of drug-likeness (QED) is 0.916. The normalized spacial score (nSPS) is 10.1. The third kappa shape index (κ3) is 2.87. The zero-order valence-electron chi connectivity index (χ0n) is 9.43. The number of amides is 1. The standard InChI is InChI=1S/C13H11BrN2O2/c14-10-5-2-1-4-9(10)8-16-13(18)12-11(17)6-3-7-15-12/h1-7,17H,8H2,(H,16,18). The van der Waals surface area contributed by atoms with Crippen LogP contribution in [0.25, 0.3) is 0 Å². The fraction of sp³-hybridized carbons (Fsp3) is 0.0769. The Labute approximate surface area is 113 Å². The molecule has 2 N–H and O–H groups in total. The van der Waals surface area contributed by atoms with Crippen LogP contribution in [0.2, 0.25) is 0 Å². The zero-order chi connectivity index (χ0) is 13.0. The van der Waals surface area contributed by atoms with Gasteiger partial charge in [-0.1, -0.05) is 34.1 Å². The van der Waals surface area contributed by atoms with E-state index in [0.29, 0.717) is 6.54 Å². The van der Waals surface area contributed by atoms with Crippen LogP contribution in [-0.2, 0) is 6.54 Å². The maximum atomic E-state index is 11.8. The van der Waals surface area contributed by atoms with Crippen molar-refractivity contribution in [1.29, 1.82) is 0 Å². The summed E-state index contributed by atoms with van der Waals surface area (Å²) in [7, 11) is 0. The second-order valence-corrected chi connectivity index (χ2v) is 4.50. The first-order valence-corrected chi connectivity index (χ1v) is 6.13. The van der Waals surface area contributed by atoms with Crippen LogP contribution in [0.3, 0.4) is 0 Å². The Morgan fingerprint density at radius 3 is 2.78 bits per heavy atom. The van der Waals surface area contributed by atoms with Gasteiger partial charge in [0.25, 0.3) is 5.91 Å². The van der Waals surface area contributed by atoms with Gasteiger partial charge in [-0.15, -0.1) is 0 Å². The van der Waals surface area contributed by atoms with Crippen LogP contribution in [0.1, 0.15) is 16.1 Å². The van der Waals surface area contributed by atoms with Crippen molar-refractivity contribution in [2.75, 3.05) is 0 Å². The van der Waals surface area contributed by atoms with E-state index in [1.165, 1.54) is 12.3 Å². The number of hydrogen-bond acceptors (Lipinski definition) is 3. The number of carbonyl (C=O) groups excluding carboxylic acids is 1. The molecule has 0 atom stereocenters. The predicted octanol–water partition coefficient (Wildman–Crippen LogP) is 2.48. The molecule has 1 heterocycles. The molecule has 0 spiro atoms. The number of pyridine rings is 1. The Hall–Kier alpha value is -1.88. The van der Waals surface area contributed by atoms with Gasteiger partial charge in [0.15, 0.2) is 5.69 Å². The minimum absolute atomic E-state index is 0.0320. The fourth-order valence-electron chi connectivity index (χ4n) is 1.47. The minimum atomic E-state index is -0.399. The lowest BCUT2D eigenvalue weighted by Gasteiger charge is -2.07. The van der Waals surface area contributed by atoms with Crippen LogP contribution >= 0.6 is 15.9 Å². The number of carbonyl (C=O) groups is 1. The van der Waals surface area contributed by atoms with Gasteiger partial charge in [-0.25, -0.2) is 4.98 Å². The molecular weight excluding hydrogens is 296 g/mol. The summed E-state index contributed by atoms with van der Waals surface area (Å²) in [6, 6.07) is 10.6. The summed E-state index contributed by atoms with van der Waals surface area (Å²) in [6.07, 6.45) is 1.47. The molecule has 0 aliphatic carbocycles. The van der Waals surface area contributed by atoms with E-state index in [2.05, 4.69) is 26.2 Å². The lowest BCUT2D eigenvalue weighted by atomic mass is 10.2. The van der Waals surface area contributed by atoms with E-state index in [1.807, 2.05) is 24.3 Å². The highest BCUT2D eigenvalue weighted by molar-refractivity contribution is 9.10. The number of nitrogens with one attached hydrogen (secondary N) is 1. The lowest BCUT2D eigenvalue weighted by molar-refractivity contribution is 0.0943. The Morgan fingerprint density at radius 2 is 2.06 bits per heavy atom. The number of benzene rings is 1. The molecule has 18 heavy (non-hydrogen) atoms. The predicted molar refractivity (Wildman–Crippen MR) is 71.2 cm³/mol. The van der Waals surface area contributed by atoms with E-state index in [0.717, 1.165) is 10.0 Å². The molecule has 1 aromatic carbocycles. The molecule has 2 rings (SSSR count). The van der Waals surface area contributed by atoms with E-state index in [9.17, 15) is 9.90 Å². The van der Waals surface area contributed by atoms with Gasteiger partial charge in [-0.3, -0.25) is 4.79 Å². The van der Waals surface area contributed by atoms with Crippen molar-refractivity contribution in [3.63, 3.8) is 0 Å². The average molecular weight is 307 g/mol. The van der Waals surface area contributed by atoms with Crippen molar-refractivity contribution in [2.24, 2.45) is 0 Å². The number of rotatable bonds is 3. The van der Waals surface area contributed by atoms with Crippen molar-refractivity contribution in [3.8, 4) is 5.75 Å². The third-order valence-electron chi connectivity index (χ3n) is 2.40. The molecule has 4 nitrogen and oxygen atoms in total. The van der Waals surface area contributed by atoms with Gasteiger partial charge in [0, 0.05) is 17.2 Å². The first-order chi connectivity index (χ1) is 8.68. The van der Waals surface area contributed by atoms with E-state index < -0.39 is 5.91 Å². The van der Waals surface area contributed by atoms with Gasteiger partial charge in [0.2, 0.25) is 0 Å². The molecule has 0 radical (unpaired) electrons. The maximum absolute atomic E-state index is 11.8. The summed E-state index contributed by atoms with van der Waals surface area (Å²) < 4.78 is 0.926. The molecular formula is C13H11BrN2O2. The monoisotopic (exact) mass is 306 g/mol. The summed E-state index contributed by atoms with van der Waals surface area (Å²) in [5.41, 5.74) is 0.992. The summed E-state index contributed by atoms with van der Waals surface area (Å²) >= 11 is 3.40. The highest BCUT2D eigenvalue weighted by atomic mass is 79.9. The second-order valence-electron chi connectivity index (χ2n) is 3.65. The Balaban J connectivity index is 2.06. The molecule has 2 aromatic rings. The zero-order valence-corrected chi connectivity index (χ0v) is 11.0. The molecule has 0 saturated heterocycles. The van der Waals surface area contributed by atoms with Gasteiger partial charge in [0.1, 0.15) is 5.75 Å². The molecule has 0 aliphatic rings. The topological polar surface area (TPSA) is 62.2 Å². The van der Waals surface area contributed by atoms with Crippen LogP contribution in [-0.4, -0.2) is 16.0 Å². The highest BCUT2D eigenvalue weighted by Crippen LogP contribution is 2.16. The van der Waals surface area contributed by atoms with Crippen molar-refractivity contribution in [1.82, 2.24) is 10.3 Å². The van der Waals surface area contributed by atoms with Gasteiger partial charge in [-0.2, -0.15) is 0 Å². The van der Waals surface area contributed by atoms with Crippen molar-refractivity contribution in [2.45, 2.75) is 6.54 Å². The number of halogens is 1. The summed E-state index contributed by atoms with van der Waals surface area (Å²) in [6.45, 7) is 0.371. The molecule has 0 aliphatic heterocycles. The molecule has 0 saturated carbocycles. The van der Waals surface area contributed by atoms with Crippen molar-refractivity contribution < 1.29 is 9.90 Å². The van der Waals surface area contributed by atoms with Crippen LogP contribution < -0.4 is 5.32 Å². The van der Waals surface area contributed by atoms with E-state index >= 15 is 0 Å². The number of nitrogens with zero attached hydrogens (tertiary/aromatic N) is 1. The first kappa shape index (κ1) is 12.6. The molecule has 0 bridgehead atoms. The lowest BCUT2D eigenvalue weighted by Crippen LogP contribution is -2.24. The maximum Gasteiger partial charge on any atom is 0.274 e. The number of hydrogen-bond donors (Lipinski definition) is 2. The molecule has 1 aromatic heterocycles. The Bertz CT molecular complexity index is 572. The van der Waals surface area contributed by atoms with Crippen LogP contribution in [0.4, 0.5) is 0 Å². The molecule has 0 fully saturated rings. The molecule has 92 valence electrons. The summed E-state index contributed by atoms with van der Waals surface area (Å²) in [4.78, 5) is 15.6. The minimum Gasteiger partial charge on any atom is -0.505 e. The molecule has 1 amide bonds. The smallest absolute Gasteiger partial charge is 0.274 e. The summed E-state index contributed by atoms with van der Waals surface area (Å²) in [5.74, 6) is -0.522. The highest BCUT2D eigenvalue weighted by Gasteiger charge is 2.11. The van der Waals surface area contributed by atoms with Gasteiger partial charge < -0.3 is 10.4 Å². The molecule has 0 unspecified atom stereocenters. The Morgan fingerprint density at radius 1 is 1.28 bits per heavy atom. The van der Waals surface area contributed by atoms with Crippen LogP contribution in [0.15, 0.2) is 47.1 Å². The van der Waals surface area contributed by atoms with Gasteiger partial charge >= 0.3 is 0 Å². The average Bonchev–Trinajstić information content (AvgIpc) is 2.38. The van der Waals surface area contributed by atoms with Crippen LogP contribution in [0.5, 0.6) is 5.75 Å². The fourth-order valence-corrected chi connectivity index (χ4v) is 1.90.